The van der Waals surface area contributed by atoms with Gasteiger partial charge in [-0.15, -0.1) is 0 Å². The fourth-order valence-electron chi connectivity index (χ4n) is 6.13. The number of allylic oxidation sites excluding steroid dienone is 8. The van der Waals surface area contributed by atoms with Crippen LogP contribution >= 0.6 is 0 Å². The van der Waals surface area contributed by atoms with E-state index in [1.165, 1.54) is 24.3 Å². The summed E-state index contributed by atoms with van der Waals surface area (Å²) in [5.74, 6) is -7.69. The Labute approximate surface area is 285 Å². The maximum atomic E-state index is 15.3. The van der Waals surface area contributed by atoms with E-state index in [1.54, 1.807) is 24.3 Å². The van der Waals surface area contributed by atoms with Crippen molar-refractivity contribution in [1.82, 2.24) is 0 Å². The zero-order valence-electron chi connectivity index (χ0n) is 26.1. The Morgan fingerprint density at radius 2 is 0.784 bits per heavy atom. The van der Waals surface area contributed by atoms with Crippen molar-refractivity contribution in [2.24, 2.45) is 0 Å². The monoisotopic (exact) mass is 734 g/mol. The van der Waals surface area contributed by atoms with Crippen LogP contribution in [0.1, 0.15) is 57.3 Å². The molecule has 51 heavy (non-hydrogen) atoms. The number of halogens is 10. The van der Waals surface area contributed by atoms with Crippen molar-refractivity contribution in [3.8, 4) is 0 Å². The normalized spacial score (nSPS) is 15.1. The molecule has 0 aromatic heterocycles. The second-order valence-corrected chi connectivity index (χ2v) is 14.0. The van der Waals surface area contributed by atoms with E-state index in [-0.39, 0.29) is 46.2 Å². The first kappa shape index (κ1) is 35.9. The van der Waals surface area contributed by atoms with Crippen LogP contribution in [0.25, 0.3) is 22.3 Å². The first-order valence-electron chi connectivity index (χ1n) is 15.2. The number of hydrogen-bond donors (Lipinski definition) is 0. The Kier molecular flexibility index (Phi) is 9.38. The van der Waals surface area contributed by atoms with Crippen molar-refractivity contribution in [1.29, 1.82) is 0 Å². The lowest BCUT2D eigenvalue weighted by molar-refractivity contribution is -0.138. The summed E-state index contributed by atoms with van der Waals surface area (Å²) in [4.78, 5) is 0. The minimum atomic E-state index is -4.62. The quantitative estimate of drug-likeness (QED) is 0.169. The molecule has 6 rings (SSSR count). The number of rotatable bonds is 8. The van der Waals surface area contributed by atoms with E-state index in [0.717, 1.165) is 48.5 Å². The molecule has 0 heterocycles. The van der Waals surface area contributed by atoms with Gasteiger partial charge in [-0.3, -0.25) is 0 Å². The molecule has 0 aliphatic heterocycles. The molecule has 0 saturated heterocycles. The van der Waals surface area contributed by atoms with Gasteiger partial charge in [0.05, 0.1) is 22.6 Å². The van der Waals surface area contributed by atoms with Gasteiger partial charge in [0, 0.05) is 11.1 Å². The number of alkyl halides is 6. The molecule has 0 atom stereocenters. The highest BCUT2D eigenvalue weighted by Crippen LogP contribution is 2.41. The second-order valence-electron chi connectivity index (χ2n) is 12.0. The molecular weight excluding hydrogens is 710 g/mol. The van der Waals surface area contributed by atoms with E-state index in [2.05, 4.69) is 0 Å². The summed E-state index contributed by atoms with van der Waals surface area (Å²) in [5, 5.41) is 0. The molecule has 0 amide bonds. The van der Waals surface area contributed by atoms with Gasteiger partial charge < -0.3 is 0 Å². The third-order valence-electron chi connectivity index (χ3n) is 8.50. The SMILES string of the molecule is O=S(=O)(Cc1c(F)cc(C2=CCC=C2c2cccc(C(F)(F)F)c2)cc1F)Cc1c(F)cc(C2=CCC=C2c2cccc(C(F)(F)F)c2)cc1F. The van der Waals surface area contributed by atoms with Gasteiger partial charge >= 0.3 is 12.4 Å². The van der Waals surface area contributed by atoms with E-state index in [4.69, 9.17) is 0 Å². The van der Waals surface area contributed by atoms with E-state index in [1.807, 2.05) is 0 Å². The molecule has 0 saturated carbocycles. The Hall–Kier alpha value is -4.91. The fraction of sp³-hybridized carbons (Fsp3) is 0.158. The lowest BCUT2D eigenvalue weighted by Gasteiger charge is -2.15. The highest BCUT2D eigenvalue weighted by molar-refractivity contribution is 7.89. The van der Waals surface area contributed by atoms with Crippen LogP contribution in [0.15, 0.2) is 97.1 Å². The van der Waals surface area contributed by atoms with Crippen LogP contribution in [0.4, 0.5) is 43.9 Å². The Morgan fingerprint density at radius 3 is 1.10 bits per heavy atom. The van der Waals surface area contributed by atoms with Gasteiger partial charge in [-0.2, -0.15) is 26.3 Å². The Morgan fingerprint density at radius 1 is 0.471 bits per heavy atom. The van der Waals surface area contributed by atoms with Crippen molar-refractivity contribution < 1.29 is 52.3 Å². The van der Waals surface area contributed by atoms with E-state index >= 15 is 17.6 Å². The zero-order valence-corrected chi connectivity index (χ0v) is 26.9. The summed E-state index contributed by atoms with van der Waals surface area (Å²) in [5.41, 5.74) is -2.38. The predicted molar refractivity (Wildman–Crippen MR) is 173 cm³/mol. The summed E-state index contributed by atoms with van der Waals surface area (Å²) in [6, 6.07) is 12.2. The molecular formula is C38H24F10O2S. The van der Waals surface area contributed by atoms with Crippen LogP contribution in [0.2, 0.25) is 0 Å². The van der Waals surface area contributed by atoms with E-state index < -0.39 is 79.2 Å². The lowest BCUT2D eigenvalue weighted by Crippen LogP contribution is -2.13. The zero-order chi connectivity index (χ0) is 36.9. The van der Waals surface area contributed by atoms with Crippen LogP contribution in [0, 0.1) is 23.3 Å². The molecule has 0 unspecified atom stereocenters. The van der Waals surface area contributed by atoms with Gasteiger partial charge in [-0.25, -0.2) is 26.0 Å². The molecule has 2 aliphatic carbocycles. The van der Waals surface area contributed by atoms with Crippen LogP contribution in [-0.2, 0) is 33.7 Å². The second kappa shape index (κ2) is 13.3. The molecule has 0 spiro atoms. The molecule has 13 heteroatoms. The Balaban J connectivity index is 1.21. The average Bonchev–Trinajstić information content (AvgIpc) is 3.75. The summed E-state index contributed by atoms with van der Waals surface area (Å²) in [7, 11) is -4.61. The number of sulfone groups is 1. The number of benzene rings is 4. The van der Waals surface area contributed by atoms with E-state index in [9.17, 15) is 34.8 Å². The fourth-order valence-corrected chi connectivity index (χ4v) is 7.67. The molecule has 0 bridgehead atoms. The van der Waals surface area contributed by atoms with E-state index in [0.29, 0.717) is 11.1 Å². The van der Waals surface area contributed by atoms with Crippen LogP contribution in [0.5, 0.6) is 0 Å². The topological polar surface area (TPSA) is 34.1 Å². The van der Waals surface area contributed by atoms with Crippen LogP contribution in [-0.4, -0.2) is 8.42 Å². The van der Waals surface area contributed by atoms with Crippen molar-refractivity contribution >= 4 is 32.1 Å². The maximum absolute atomic E-state index is 15.3. The van der Waals surface area contributed by atoms with Crippen molar-refractivity contribution in [2.45, 2.75) is 36.7 Å². The molecule has 264 valence electrons. The molecule has 0 N–H and O–H groups in total. The maximum Gasteiger partial charge on any atom is 0.416 e. The molecule has 4 aromatic carbocycles. The lowest BCUT2D eigenvalue weighted by atomic mass is 9.93. The van der Waals surface area contributed by atoms with Crippen molar-refractivity contribution in [2.75, 3.05) is 0 Å². The van der Waals surface area contributed by atoms with Gasteiger partial charge in [-0.05, 0) is 106 Å². The summed E-state index contributed by atoms with van der Waals surface area (Å²) in [6.07, 6.45) is -2.46. The first-order chi connectivity index (χ1) is 23.9. The van der Waals surface area contributed by atoms with Gasteiger partial charge in [0.25, 0.3) is 0 Å². The predicted octanol–water partition coefficient (Wildman–Crippen LogP) is 11.1. The third-order valence-corrected chi connectivity index (χ3v) is 9.96. The smallest absolute Gasteiger partial charge is 0.228 e. The van der Waals surface area contributed by atoms with Gasteiger partial charge in [0.1, 0.15) is 23.3 Å². The largest absolute Gasteiger partial charge is 0.416 e. The van der Waals surface area contributed by atoms with Crippen molar-refractivity contribution in [3.05, 3.63) is 165 Å². The third kappa shape index (κ3) is 7.58. The van der Waals surface area contributed by atoms with Crippen LogP contribution < -0.4 is 0 Å². The summed E-state index contributed by atoms with van der Waals surface area (Å²) >= 11 is 0. The average molecular weight is 735 g/mol. The molecule has 2 aliphatic rings. The van der Waals surface area contributed by atoms with Gasteiger partial charge in [-0.1, -0.05) is 48.6 Å². The van der Waals surface area contributed by atoms with Gasteiger partial charge in [0.2, 0.25) is 0 Å². The molecule has 0 fully saturated rings. The standard InChI is InChI=1S/C38H24F10O2S/c39-33-15-23(29-11-3-9-27(29)21-5-1-7-25(13-21)37(43,44)45)16-34(40)31(33)19-51(49,50)20-32-35(41)17-24(18-36(32)42)30-12-4-10-28(30)22-6-2-8-26(14-22)38(46,47)48/h1-2,5-18H,3-4,19-20H2. The Bertz CT molecular complexity index is 2090. The minimum Gasteiger partial charge on any atom is -0.228 e. The molecule has 2 nitrogen and oxygen atoms in total. The number of hydrogen-bond acceptors (Lipinski definition) is 2. The molecule has 4 aromatic rings. The summed E-state index contributed by atoms with van der Waals surface area (Å²) in [6.45, 7) is 0. The molecule has 0 radical (unpaired) electrons. The highest BCUT2D eigenvalue weighted by atomic mass is 32.2. The van der Waals surface area contributed by atoms with Crippen LogP contribution in [0.3, 0.4) is 0 Å². The summed E-state index contributed by atoms with van der Waals surface area (Å²) < 4.78 is 167. The first-order valence-corrected chi connectivity index (χ1v) is 17.1. The van der Waals surface area contributed by atoms with Gasteiger partial charge in [0.15, 0.2) is 9.84 Å². The highest BCUT2D eigenvalue weighted by Gasteiger charge is 2.33. The van der Waals surface area contributed by atoms with Crippen molar-refractivity contribution in [3.63, 3.8) is 0 Å². The minimum absolute atomic E-state index is 0.0558.